The Balaban J connectivity index is 1.77. The summed E-state index contributed by atoms with van der Waals surface area (Å²) in [6.07, 6.45) is 6.56. The maximum Gasteiger partial charge on any atom is 0.185 e. The maximum atomic E-state index is 12.5. The van der Waals surface area contributed by atoms with E-state index < -0.39 is 0 Å². The molecule has 3 aliphatic rings. The molecule has 0 radical (unpaired) electrons. The van der Waals surface area contributed by atoms with Crippen molar-refractivity contribution in [3.8, 4) is 17.0 Å². The summed E-state index contributed by atoms with van der Waals surface area (Å²) in [5, 5.41) is 0. The summed E-state index contributed by atoms with van der Waals surface area (Å²) in [6.45, 7) is 9.48. The van der Waals surface area contributed by atoms with E-state index in [0.717, 1.165) is 49.5 Å². The van der Waals surface area contributed by atoms with Crippen molar-refractivity contribution in [2.24, 2.45) is 5.92 Å². The molecule has 1 fully saturated rings. The molecule has 27 heavy (non-hydrogen) atoms. The van der Waals surface area contributed by atoms with Crippen LogP contribution in [0.1, 0.15) is 49.4 Å². The number of rotatable bonds is 2. The van der Waals surface area contributed by atoms with E-state index in [-0.39, 0.29) is 5.43 Å². The molecule has 1 unspecified atom stereocenters. The van der Waals surface area contributed by atoms with E-state index in [2.05, 4.69) is 35.6 Å². The first-order valence-electron chi connectivity index (χ1n) is 10.3. The standard InChI is InChI=1S/C23H28N2O2/c1-14(2)18-10-16-11-20(24-7-4-5-8-24)23-17(6-9-27-23)22(16)19-12-21(26)15(3)13-25(18)19/h11-14,18H,4-10H2,1-3H3. The van der Waals surface area contributed by atoms with E-state index in [1.165, 1.54) is 35.2 Å². The van der Waals surface area contributed by atoms with Crippen molar-refractivity contribution in [2.45, 2.75) is 52.5 Å². The second kappa shape index (κ2) is 6.15. The highest BCUT2D eigenvalue weighted by Crippen LogP contribution is 2.48. The number of benzene rings is 1. The molecular weight excluding hydrogens is 336 g/mol. The van der Waals surface area contributed by atoms with Gasteiger partial charge in [-0.05, 0) is 43.7 Å². The van der Waals surface area contributed by atoms with Crippen LogP contribution < -0.4 is 15.1 Å². The summed E-state index contributed by atoms with van der Waals surface area (Å²) in [5.74, 6) is 1.58. The molecule has 0 amide bonds. The molecule has 1 aromatic heterocycles. The number of nitrogens with zero attached hydrogens (tertiary/aromatic N) is 2. The zero-order valence-electron chi connectivity index (χ0n) is 16.5. The van der Waals surface area contributed by atoms with Gasteiger partial charge in [-0.1, -0.05) is 13.8 Å². The second-order valence-electron chi connectivity index (χ2n) is 8.66. The average molecular weight is 364 g/mol. The van der Waals surface area contributed by atoms with Crippen LogP contribution in [-0.2, 0) is 12.8 Å². The Kier molecular flexibility index (Phi) is 3.85. The Bertz CT molecular complexity index is 967. The number of anilines is 1. The molecule has 2 aromatic rings. The summed E-state index contributed by atoms with van der Waals surface area (Å²) in [4.78, 5) is 15.0. The lowest BCUT2D eigenvalue weighted by Gasteiger charge is -2.35. The van der Waals surface area contributed by atoms with Crippen LogP contribution in [0.4, 0.5) is 5.69 Å². The molecule has 1 atom stereocenters. The first kappa shape index (κ1) is 16.9. The summed E-state index contributed by atoms with van der Waals surface area (Å²) in [5.41, 5.74) is 7.29. The van der Waals surface area contributed by atoms with E-state index in [0.29, 0.717) is 12.0 Å². The molecule has 3 aliphatic heterocycles. The summed E-state index contributed by atoms with van der Waals surface area (Å²) in [6, 6.07) is 4.61. The summed E-state index contributed by atoms with van der Waals surface area (Å²) < 4.78 is 8.48. The lowest BCUT2D eigenvalue weighted by molar-refractivity contribution is 0.356. The predicted molar refractivity (Wildman–Crippen MR) is 109 cm³/mol. The molecule has 4 heterocycles. The highest BCUT2D eigenvalue weighted by Gasteiger charge is 2.33. The highest BCUT2D eigenvalue weighted by atomic mass is 16.5. The smallest absolute Gasteiger partial charge is 0.185 e. The highest BCUT2D eigenvalue weighted by molar-refractivity contribution is 5.80. The van der Waals surface area contributed by atoms with Crippen molar-refractivity contribution in [2.75, 3.05) is 24.6 Å². The van der Waals surface area contributed by atoms with Crippen molar-refractivity contribution in [3.63, 3.8) is 0 Å². The van der Waals surface area contributed by atoms with Gasteiger partial charge in [0.05, 0.1) is 18.0 Å². The third kappa shape index (κ3) is 2.53. The molecule has 0 aliphatic carbocycles. The SMILES string of the molecule is Cc1cn2c(cc1=O)-c1c(cc(N3CCCC3)c3c1CCO3)CC2C(C)C. The molecule has 5 rings (SSSR count). The van der Waals surface area contributed by atoms with Crippen LogP contribution in [0, 0.1) is 12.8 Å². The van der Waals surface area contributed by atoms with Gasteiger partial charge < -0.3 is 14.2 Å². The molecule has 142 valence electrons. The summed E-state index contributed by atoms with van der Waals surface area (Å²) in [7, 11) is 0. The molecule has 0 N–H and O–H groups in total. The van der Waals surface area contributed by atoms with Crippen molar-refractivity contribution >= 4 is 5.69 Å². The summed E-state index contributed by atoms with van der Waals surface area (Å²) >= 11 is 0. The molecule has 0 spiro atoms. The molecule has 1 aromatic carbocycles. The number of hydrogen-bond acceptors (Lipinski definition) is 3. The minimum Gasteiger partial charge on any atom is -0.491 e. The van der Waals surface area contributed by atoms with Crippen LogP contribution in [0.25, 0.3) is 11.3 Å². The fraction of sp³-hybridized carbons (Fsp3) is 0.522. The van der Waals surface area contributed by atoms with Crippen LogP contribution in [0.3, 0.4) is 0 Å². The number of fused-ring (bicyclic) bond motifs is 5. The first-order valence-corrected chi connectivity index (χ1v) is 10.3. The Morgan fingerprint density at radius 2 is 1.96 bits per heavy atom. The molecular formula is C23H28N2O2. The van der Waals surface area contributed by atoms with Gasteiger partial charge >= 0.3 is 0 Å². The van der Waals surface area contributed by atoms with E-state index >= 15 is 0 Å². The van der Waals surface area contributed by atoms with Gasteiger partial charge in [0.2, 0.25) is 0 Å². The lowest BCUT2D eigenvalue weighted by Crippen LogP contribution is -2.27. The first-order chi connectivity index (χ1) is 13.0. The van der Waals surface area contributed by atoms with E-state index in [4.69, 9.17) is 4.74 Å². The van der Waals surface area contributed by atoms with Crippen molar-refractivity contribution in [1.29, 1.82) is 0 Å². The minimum absolute atomic E-state index is 0.132. The van der Waals surface area contributed by atoms with Gasteiger partial charge in [-0.15, -0.1) is 0 Å². The zero-order valence-corrected chi connectivity index (χ0v) is 16.5. The van der Waals surface area contributed by atoms with Gasteiger partial charge in [0.15, 0.2) is 5.43 Å². The maximum absolute atomic E-state index is 12.5. The van der Waals surface area contributed by atoms with Crippen molar-refractivity contribution < 1.29 is 4.74 Å². The molecule has 0 saturated carbocycles. The normalized spacial score (nSPS) is 20.4. The molecule has 0 bridgehead atoms. The Labute approximate surface area is 160 Å². The number of pyridine rings is 1. The number of aryl methyl sites for hydroxylation is 1. The largest absolute Gasteiger partial charge is 0.491 e. The van der Waals surface area contributed by atoms with Gasteiger partial charge in [-0.3, -0.25) is 4.79 Å². The zero-order chi connectivity index (χ0) is 18.7. The van der Waals surface area contributed by atoms with Crippen LogP contribution in [-0.4, -0.2) is 24.3 Å². The number of aromatic nitrogens is 1. The predicted octanol–water partition coefficient (Wildman–Crippen LogP) is 4.11. The van der Waals surface area contributed by atoms with Crippen LogP contribution in [0.5, 0.6) is 5.75 Å². The average Bonchev–Trinajstić information content (AvgIpc) is 3.33. The topological polar surface area (TPSA) is 34.5 Å². The monoisotopic (exact) mass is 364 g/mol. The fourth-order valence-corrected chi connectivity index (χ4v) is 5.10. The van der Waals surface area contributed by atoms with Gasteiger partial charge in [-0.25, -0.2) is 0 Å². The number of hydrogen-bond donors (Lipinski definition) is 0. The quantitative estimate of drug-likeness (QED) is 0.804. The Morgan fingerprint density at radius 1 is 1.19 bits per heavy atom. The minimum atomic E-state index is 0.132. The van der Waals surface area contributed by atoms with E-state index in [1.807, 2.05) is 13.0 Å². The number of ether oxygens (including phenoxy) is 1. The van der Waals surface area contributed by atoms with E-state index in [9.17, 15) is 4.79 Å². The Hall–Kier alpha value is -2.23. The fourth-order valence-electron chi connectivity index (χ4n) is 5.10. The van der Waals surface area contributed by atoms with Gasteiger partial charge in [0.1, 0.15) is 5.75 Å². The molecule has 1 saturated heterocycles. The van der Waals surface area contributed by atoms with Crippen LogP contribution in [0.15, 0.2) is 23.1 Å². The van der Waals surface area contributed by atoms with Crippen LogP contribution in [0.2, 0.25) is 0 Å². The third-order valence-corrected chi connectivity index (χ3v) is 6.57. The molecule has 4 nitrogen and oxygen atoms in total. The van der Waals surface area contributed by atoms with Crippen LogP contribution >= 0.6 is 0 Å². The second-order valence-corrected chi connectivity index (χ2v) is 8.66. The van der Waals surface area contributed by atoms with Gasteiger partial charge in [0, 0.05) is 54.5 Å². The van der Waals surface area contributed by atoms with E-state index in [1.54, 1.807) is 0 Å². The third-order valence-electron chi connectivity index (χ3n) is 6.57. The Morgan fingerprint density at radius 3 is 2.70 bits per heavy atom. The lowest BCUT2D eigenvalue weighted by atomic mass is 9.84. The van der Waals surface area contributed by atoms with Crippen molar-refractivity contribution in [1.82, 2.24) is 4.57 Å². The molecule has 4 heteroatoms. The van der Waals surface area contributed by atoms with Gasteiger partial charge in [-0.2, -0.15) is 0 Å². The van der Waals surface area contributed by atoms with Crippen molar-refractivity contribution in [3.05, 3.63) is 45.2 Å². The van der Waals surface area contributed by atoms with Gasteiger partial charge in [0.25, 0.3) is 0 Å².